The van der Waals surface area contributed by atoms with E-state index in [1.807, 2.05) is 73.7 Å². The first-order chi connectivity index (χ1) is 14.5. The molecule has 0 radical (unpaired) electrons. The lowest BCUT2D eigenvalue weighted by Gasteiger charge is -2.07. The summed E-state index contributed by atoms with van der Waals surface area (Å²) >= 11 is 0. The minimum atomic E-state index is -0.682. The smallest absolute Gasteiger partial charge is 0.271 e. The minimum Gasteiger partial charge on any atom is -0.271 e. The third kappa shape index (κ3) is 4.93. The first-order valence-electron chi connectivity index (χ1n) is 9.01. The molecule has 0 fully saturated rings. The van der Waals surface area contributed by atoms with Gasteiger partial charge in [-0.15, -0.1) is 0 Å². The Morgan fingerprint density at radius 3 is 2.03 bits per heavy atom. The van der Waals surface area contributed by atoms with E-state index in [1.165, 1.54) is 12.1 Å². The molecule has 0 aliphatic carbocycles. The van der Waals surface area contributed by atoms with E-state index in [0.717, 1.165) is 22.8 Å². The molecule has 0 unspecified atom stereocenters. The molecule has 150 valence electrons. The SMILES string of the molecule is C/C(=C\C(=N\Nc1ccc([N+](=O)[O-])cc1[N+](=O)[O-])c1ccccc1)c1ccccc1. The van der Waals surface area contributed by atoms with Gasteiger partial charge in [-0.05, 0) is 30.2 Å². The van der Waals surface area contributed by atoms with Crippen LogP contribution in [-0.2, 0) is 0 Å². The number of allylic oxidation sites excluding steroid dienone is 2. The highest BCUT2D eigenvalue weighted by Gasteiger charge is 2.19. The van der Waals surface area contributed by atoms with Gasteiger partial charge in [0.1, 0.15) is 5.69 Å². The highest BCUT2D eigenvalue weighted by Crippen LogP contribution is 2.29. The predicted molar refractivity (Wildman–Crippen MR) is 116 cm³/mol. The molecule has 0 aliphatic rings. The van der Waals surface area contributed by atoms with Crippen molar-refractivity contribution >= 4 is 28.3 Å². The maximum absolute atomic E-state index is 11.4. The van der Waals surface area contributed by atoms with Crippen LogP contribution in [0.4, 0.5) is 17.1 Å². The van der Waals surface area contributed by atoms with Gasteiger partial charge in [0.25, 0.3) is 5.69 Å². The van der Waals surface area contributed by atoms with Gasteiger partial charge in [-0.3, -0.25) is 25.7 Å². The lowest BCUT2D eigenvalue weighted by atomic mass is 10.0. The van der Waals surface area contributed by atoms with E-state index in [9.17, 15) is 20.2 Å². The van der Waals surface area contributed by atoms with E-state index >= 15 is 0 Å². The van der Waals surface area contributed by atoms with Gasteiger partial charge in [-0.25, -0.2) is 0 Å². The fourth-order valence-electron chi connectivity index (χ4n) is 2.78. The second-order valence-corrected chi connectivity index (χ2v) is 6.38. The van der Waals surface area contributed by atoms with Crippen molar-refractivity contribution in [1.29, 1.82) is 0 Å². The molecular formula is C22H18N4O4. The van der Waals surface area contributed by atoms with Crippen LogP contribution in [0.2, 0.25) is 0 Å². The second kappa shape index (κ2) is 9.24. The summed E-state index contributed by atoms with van der Waals surface area (Å²) in [4.78, 5) is 20.9. The van der Waals surface area contributed by atoms with Gasteiger partial charge in [0.05, 0.1) is 21.6 Å². The zero-order valence-electron chi connectivity index (χ0n) is 16.1. The standard InChI is InChI=1S/C22H18N4O4/c1-16(17-8-4-2-5-9-17)14-21(18-10-6-3-7-11-18)24-23-20-13-12-19(25(27)28)15-22(20)26(29)30/h2-15,23H,1H3/b16-14+,24-21-. The molecule has 0 spiro atoms. The molecular weight excluding hydrogens is 384 g/mol. The van der Waals surface area contributed by atoms with Crippen LogP contribution < -0.4 is 5.43 Å². The Bertz CT molecular complexity index is 1130. The molecule has 0 bridgehead atoms. The van der Waals surface area contributed by atoms with Crippen LogP contribution in [-0.4, -0.2) is 15.6 Å². The molecule has 0 heterocycles. The van der Waals surface area contributed by atoms with E-state index in [1.54, 1.807) is 0 Å². The zero-order chi connectivity index (χ0) is 21.5. The number of anilines is 1. The largest absolute Gasteiger partial charge is 0.301 e. The number of hydrogen-bond donors (Lipinski definition) is 1. The molecule has 8 heteroatoms. The van der Waals surface area contributed by atoms with Crippen molar-refractivity contribution < 1.29 is 9.85 Å². The average Bonchev–Trinajstić information content (AvgIpc) is 2.77. The monoisotopic (exact) mass is 402 g/mol. The van der Waals surface area contributed by atoms with E-state index in [4.69, 9.17) is 0 Å². The van der Waals surface area contributed by atoms with E-state index in [-0.39, 0.29) is 11.4 Å². The molecule has 3 aromatic rings. The van der Waals surface area contributed by atoms with Crippen molar-refractivity contribution in [1.82, 2.24) is 0 Å². The molecule has 0 aromatic heterocycles. The molecule has 0 saturated heterocycles. The Morgan fingerprint density at radius 2 is 1.47 bits per heavy atom. The summed E-state index contributed by atoms with van der Waals surface area (Å²) in [6.07, 6.45) is 1.87. The molecule has 1 N–H and O–H groups in total. The fourth-order valence-corrected chi connectivity index (χ4v) is 2.78. The number of nitrogens with one attached hydrogen (secondary N) is 1. The van der Waals surface area contributed by atoms with Crippen molar-refractivity contribution in [3.05, 3.63) is 116 Å². The highest BCUT2D eigenvalue weighted by atomic mass is 16.6. The Hall–Kier alpha value is -4.33. The molecule has 0 amide bonds. The van der Waals surface area contributed by atoms with E-state index in [0.29, 0.717) is 5.71 Å². The second-order valence-electron chi connectivity index (χ2n) is 6.38. The number of benzene rings is 3. The fraction of sp³-hybridized carbons (Fsp3) is 0.0455. The molecule has 0 saturated carbocycles. The summed E-state index contributed by atoms with van der Waals surface area (Å²) in [6.45, 7) is 1.95. The number of hydrogen-bond acceptors (Lipinski definition) is 6. The van der Waals surface area contributed by atoms with Crippen molar-refractivity contribution in [3.63, 3.8) is 0 Å². The van der Waals surface area contributed by atoms with Gasteiger partial charge in [0.15, 0.2) is 0 Å². The van der Waals surface area contributed by atoms with Crippen molar-refractivity contribution in [2.75, 3.05) is 5.43 Å². The van der Waals surface area contributed by atoms with Gasteiger partial charge in [-0.1, -0.05) is 60.7 Å². The minimum absolute atomic E-state index is 0.0600. The summed E-state index contributed by atoms with van der Waals surface area (Å²) in [5.74, 6) is 0. The first kappa shape index (κ1) is 20.4. The molecule has 0 atom stereocenters. The summed E-state index contributed by atoms with van der Waals surface area (Å²) in [6, 6.07) is 22.5. The number of nitro benzene ring substituents is 2. The highest BCUT2D eigenvalue weighted by molar-refractivity contribution is 6.12. The molecule has 0 aliphatic heterocycles. The number of hydrazone groups is 1. The topological polar surface area (TPSA) is 111 Å². The molecule has 3 rings (SSSR count). The third-order valence-corrected chi connectivity index (χ3v) is 4.34. The van der Waals surface area contributed by atoms with Crippen LogP contribution in [0.1, 0.15) is 18.1 Å². The maximum Gasteiger partial charge on any atom is 0.301 e. The van der Waals surface area contributed by atoms with Crippen LogP contribution in [0.5, 0.6) is 0 Å². The lowest BCUT2D eigenvalue weighted by Crippen LogP contribution is -2.04. The van der Waals surface area contributed by atoms with E-state index in [2.05, 4.69) is 10.5 Å². The molecule has 3 aromatic carbocycles. The Labute approximate surface area is 172 Å². The molecule has 8 nitrogen and oxygen atoms in total. The van der Waals surface area contributed by atoms with E-state index < -0.39 is 15.5 Å². The van der Waals surface area contributed by atoms with Gasteiger partial charge in [0.2, 0.25) is 0 Å². The van der Waals surface area contributed by atoms with Crippen LogP contribution >= 0.6 is 0 Å². The number of rotatable bonds is 7. The van der Waals surface area contributed by atoms with Gasteiger partial charge in [-0.2, -0.15) is 5.10 Å². The van der Waals surface area contributed by atoms with Gasteiger partial charge >= 0.3 is 5.69 Å². The summed E-state index contributed by atoms with van der Waals surface area (Å²) < 4.78 is 0. The number of nitro groups is 2. The van der Waals surface area contributed by atoms with Crippen LogP contribution in [0, 0.1) is 20.2 Å². The van der Waals surface area contributed by atoms with Gasteiger partial charge < -0.3 is 0 Å². The summed E-state index contributed by atoms with van der Waals surface area (Å²) in [5.41, 5.74) is 5.31. The lowest BCUT2D eigenvalue weighted by molar-refractivity contribution is -0.393. The first-order valence-corrected chi connectivity index (χ1v) is 9.01. The average molecular weight is 402 g/mol. The van der Waals surface area contributed by atoms with Crippen molar-refractivity contribution in [2.24, 2.45) is 5.10 Å². The van der Waals surface area contributed by atoms with Crippen LogP contribution in [0.15, 0.2) is 90.0 Å². The number of non-ortho nitro benzene ring substituents is 1. The van der Waals surface area contributed by atoms with Crippen LogP contribution in [0.25, 0.3) is 5.57 Å². The summed E-state index contributed by atoms with van der Waals surface area (Å²) in [5, 5.41) is 26.6. The quantitative estimate of drug-likeness (QED) is 0.322. The third-order valence-electron chi connectivity index (χ3n) is 4.34. The maximum atomic E-state index is 11.4. The zero-order valence-corrected chi connectivity index (χ0v) is 16.1. The summed E-state index contributed by atoms with van der Waals surface area (Å²) in [7, 11) is 0. The Kier molecular flexibility index (Phi) is 6.29. The van der Waals surface area contributed by atoms with Crippen molar-refractivity contribution in [2.45, 2.75) is 6.92 Å². The Morgan fingerprint density at radius 1 is 0.867 bits per heavy atom. The normalized spacial score (nSPS) is 11.8. The van der Waals surface area contributed by atoms with Crippen LogP contribution in [0.3, 0.4) is 0 Å². The Balaban J connectivity index is 2.01. The van der Waals surface area contributed by atoms with Gasteiger partial charge in [0, 0.05) is 11.6 Å². The molecule has 30 heavy (non-hydrogen) atoms. The predicted octanol–water partition coefficient (Wildman–Crippen LogP) is 5.42. The van der Waals surface area contributed by atoms with Crippen molar-refractivity contribution in [3.8, 4) is 0 Å². The number of nitrogens with zero attached hydrogens (tertiary/aromatic N) is 3.